The summed E-state index contributed by atoms with van der Waals surface area (Å²) in [7, 11) is 0. The van der Waals surface area contributed by atoms with Gasteiger partial charge in [0.25, 0.3) is 5.69 Å². The number of pyridine rings is 1. The quantitative estimate of drug-likeness (QED) is 0.563. The molecule has 9 heteroatoms. The fraction of sp³-hybridized carbons (Fsp3) is 0.267. The van der Waals surface area contributed by atoms with E-state index in [4.69, 9.17) is 9.47 Å². The zero-order chi connectivity index (χ0) is 17.7. The summed E-state index contributed by atoms with van der Waals surface area (Å²) in [6.45, 7) is 3.51. The van der Waals surface area contributed by atoms with Gasteiger partial charge in [0.15, 0.2) is 0 Å². The fourth-order valence-corrected chi connectivity index (χ4v) is 1.95. The number of non-ortho nitro benzene ring substituents is 1. The van der Waals surface area contributed by atoms with Gasteiger partial charge in [-0.05, 0) is 42.0 Å². The molecule has 0 atom stereocenters. The molecule has 1 aromatic carbocycles. The Labute approximate surface area is 137 Å². The number of ether oxygens (including phenoxy) is 2. The average molecular weight is 333 g/mol. The number of aromatic nitrogens is 1. The van der Waals surface area contributed by atoms with E-state index in [0.717, 1.165) is 0 Å². The third-order valence-corrected chi connectivity index (χ3v) is 2.92. The Hall–Kier alpha value is -3.23. The first-order chi connectivity index (χ1) is 11.4. The van der Waals surface area contributed by atoms with Crippen LogP contribution in [0.5, 0.6) is 11.5 Å². The molecule has 0 spiro atoms. The predicted molar refractivity (Wildman–Crippen MR) is 84.1 cm³/mol. The smallest absolute Gasteiger partial charge is 0.406 e. The maximum Gasteiger partial charge on any atom is 0.406 e. The second-order valence-corrected chi connectivity index (χ2v) is 5.09. The van der Waals surface area contributed by atoms with Gasteiger partial charge >= 0.3 is 5.82 Å². The molecule has 9 nitrogen and oxygen atoms in total. The Morgan fingerprint density at radius 3 is 2.50 bits per heavy atom. The van der Waals surface area contributed by atoms with Crippen molar-refractivity contribution in [2.45, 2.75) is 26.6 Å². The van der Waals surface area contributed by atoms with Crippen LogP contribution in [0.2, 0.25) is 0 Å². The Morgan fingerprint density at radius 1 is 1.12 bits per heavy atom. The lowest BCUT2D eigenvalue weighted by molar-refractivity contribution is -0.390. The normalized spacial score (nSPS) is 10.5. The molecule has 0 radical (unpaired) electrons. The molecular formula is C15H15N3O6. The van der Waals surface area contributed by atoms with Gasteiger partial charge in [-0.25, -0.2) is 0 Å². The first kappa shape index (κ1) is 17.1. The van der Waals surface area contributed by atoms with Crippen LogP contribution >= 0.6 is 0 Å². The van der Waals surface area contributed by atoms with Crippen LogP contribution in [0.1, 0.15) is 19.4 Å². The SMILES string of the molecule is CC(C)Oc1ccc([N+](=O)[O-])cc1COc1cccnc1[N+](=O)[O-]. The zero-order valence-corrected chi connectivity index (χ0v) is 13.0. The molecular weight excluding hydrogens is 318 g/mol. The molecule has 0 aliphatic heterocycles. The van der Waals surface area contributed by atoms with Gasteiger partial charge in [0.05, 0.1) is 11.0 Å². The minimum absolute atomic E-state index is 0.0236. The molecule has 0 bridgehead atoms. The van der Waals surface area contributed by atoms with Gasteiger partial charge in [0.2, 0.25) is 5.75 Å². The van der Waals surface area contributed by atoms with Crippen molar-refractivity contribution in [2.24, 2.45) is 0 Å². The lowest BCUT2D eigenvalue weighted by Gasteiger charge is -2.14. The molecule has 0 saturated heterocycles. The first-order valence-electron chi connectivity index (χ1n) is 7.04. The third kappa shape index (κ3) is 4.15. The van der Waals surface area contributed by atoms with Gasteiger partial charge < -0.3 is 19.6 Å². The number of benzene rings is 1. The Kier molecular flexibility index (Phi) is 5.25. The lowest BCUT2D eigenvalue weighted by Crippen LogP contribution is -2.09. The average Bonchev–Trinajstić information content (AvgIpc) is 2.53. The Balaban J connectivity index is 2.29. The number of nitro benzene ring substituents is 1. The minimum Gasteiger partial charge on any atom is -0.491 e. The summed E-state index contributed by atoms with van der Waals surface area (Å²) in [4.78, 5) is 24.3. The van der Waals surface area contributed by atoms with E-state index in [2.05, 4.69) is 4.98 Å². The summed E-state index contributed by atoms with van der Waals surface area (Å²) in [6, 6.07) is 7.04. The van der Waals surface area contributed by atoms with E-state index >= 15 is 0 Å². The van der Waals surface area contributed by atoms with Gasteiger partial charge in [-0.2, -0.15) is 0 Å². The summed E-state index contributed by atoms with van der Waals surface area (Å²) < 4.78 is 11.0. The van der Waals surface area contributed by atoms with Crippen LogP contribution in [0.4, 0.5) is 11.5 Å². The highest BCUT2D eigenvalue weighted by Gasteiger charge is 2.18. The van der Waals surface area contributed by atoms with Crippen LogP contribution in [0.25, 0.3) is 0 Å². The maximum absolute atomic E-state index is 10.9. The highest BCUT2D eigenvalue weighted by Crippen LogP contribution is 2.29. The Bertz CT molecular complexity index is 763. The van der Waals surface area contributed by atoms with Crippen LogP contribution < -0.4 is 9.47 Å². The molecule has 1 aromatic heterocycles. The van der Waals surface area contributed by atoms with Crippen LogP contribution in [0.3, 0.4) is 0 Å². The molecule has 1 heterocycles. The van der Waals surface area contributed by atoms with E-state index in [1.54, 1.807) is 0 Å². The van der Waals surface area contributed by atoms with Crippen LogP contribution in [-0.4, -0.2) is 20.9 Å². The first-order valence-corrected chi connectivity index (χ1v) is 7.04. The molecule has 0 amide bonds. The molecule has 126 valence electrons. The second-order valence-electron chi connectivity index (χ2n) is 5.09. The standard InChI is InChI=1S/C15H15N3O6/c1-10(2)24-13-6-5-12(17(19)20)8-11(13)9-23-14-4-3-7-16-15(14)18(21)22/h3-8,10H,9H2,1-2H3. The third-order valence-electron chi connectivity index (χ3n) is 2.92. The number of nitrogens with zero attached hydrogens (tertiary/aromatic N) is 3. The summed E-state index contributed by atoms with van der Waals surface area (Å²) in [5, 5.41) is 21.9. The maximum atomic E-state index is 10.9. The van der Waals surface area contributed by atoms with E-state index in [9.17, 15) is 20.2 Å². The number of nitro groups is 2. The summed E-state index contributed by atoms with van der Waals surface area (Å²) >= 11 is 0. The van der Waals surface area contributed by atoms with Crippen LogP contribution in [0, 0.1) is 20.2 Å². The van der Waals surface area contributed by atoms with Crippen molar-refractivity contribution >= 4 is 11.5 Å². The van der Waals surface area contributed by atoms with Gasteiger partial charge in [-0.1, -0.05) is 0 Å². The van der Waals surface area contributed by atoms with E-state index in [1.807, 2.05) is 13.8 Å². The van der Waals surface area contributed by atoms with Crippen molar-refractivity contribution in [2.75, 3.05) is 0 Å². The summed E-state index contributed by atoms with van der Waals surface area (Å²) in [6.07, 6.45) is 1.14. The molecule has 2 aromatic rings. The predicted octanol–water partition coefficient (Wildman–Crippen LogP) is 3.26. The number of hydrogen-bond acceptors (Lipinski definition) is 7. The zero-order valence-electron chi connectivity index (χ0n) is 13.0. The van der Waals surface area contributed by atoms with Crippen molar-refractivity contribution in [3.8, 4) is 11.5 Å². The van der Waals surface area contributed by atoms with Crippen molar-refractivity contribution in [1.82, 2.24) is 4.98 Å². The van der Waals surface area contributed by atoms with Crippen molar-refractivity contribution in [1.29, 1.82) is 0 Å². The highest BCUT2D eigenvalue weighted by molar-refractivity contribution is 5.44. The molecule has 0 fully saturated rings. The van der Waals surface area contributed by atoms with Crippen molar-refractivity contribution in [3.63, 3.8) is 0 Å². The molecule has 0 saturated carbocycles. The highest BCUT2D eigenvalue weighted by atomic mass is 16.6. The van der Waals surface area contributed by atoms with Gasteiger partial charge in [-0.3, -0.25) is 10.1 Å². The molecule has 0 unspecified atom stereocenters. The Morgan fingerprint density at radius 2 is 1.88 bits per heavy atom. The number of rotatable bonds is 7. The summed E-state index contributed by atoms with van der Waals surface area (Å²) in [5.74, 6) is -0.0269. The van der Waals surface area contributed by atoms with Crippen molar-refractivity contribution in [3.05, 3.63) is 62.3 Å². The molecule has 0 N–H and O–H groups in total. The van der Waals surface area contributed by atoms with E-state index < -0.39 is 15.7 Å². The van der Waals surface area contributed by atoms with Gasteiger partial charge in [0, 0.05) is 17.7 Å². The molecule has 0 aliphatic carbocycles. The largest absolute Gasteiger partial charge is 0.491 e. The molecule has 2 rings (SSSR count). The van der Waals surface area contributed by atoms with Gasteiger partial charge in [0.1, 0.15) is 18.6 Å². The topological polar surface area (TPSA) is 118 Å². The second kappa shape index (κ2) is 7.36. The van der Waals surface area contributed by atoms with Gasteiger partial charge in [-0.15, -0.1) is 0 Å². The van der Waals surface area contributed by atoms with Crippen molar-refractivity contribution < 1.29 is 19.3 Å². The molecule has 0 aliphatic rings. The fourth-order valence-electron chi connectivity index (χ4n) is 1.95. The monoisotopic (exact) mass is 333 g/mol. The van der Waals surface area contributed by atoms with E-state index in [-0.39, 0.29) is 24.1 Å². The van der Waals surface area contributed by atoms with Crippen LogP contribution in [0.15, 0.2) is 36.5 Å². The number of hydrogen-bond donors (Lipinski definition) is 0. The van der Waals surface area contributed by atoms with E-state index in [1.165, 1.54) is 36.5 Å². The van der Waals surface area contributed by atoms with Crippen LogP contribution in [-0.2, 0) is 6.61 Å². The summed E-state index contributed by atoms with van der Waals surface area (Å²) in [5.41, 5.74) is 0.293. The lowest BCUT2D eigenvalue weighted by atomic mass is 10.2. The molecule has 24 heavy (non-hydrogen) atoms. The minimum atomic E-state index is -0.658. The van der Waals surface area contributed by atoms with E-state index in [0.29, 0.717) is 11.3 Å².